The van der Waals surface area contributed by atoms with Gasteiger partial charge in [-0.05, 0) is 12.1 Å². The van der Waals surface area contributed by atoms with Gasteiger partial charge in [-0.15, -0.1) is 0 Å². The van der Waals surface area contributed by atoms with Crippen LogP contribution in [0.15, 0.2) is 35.6 Å². The highest BCUT2D eigenvalue weighted by atomic mass is 32.2. The summed E-state index contributed by atoms with van der Waals surface area (Å²) in [5, 5.41) is 21.2. The average Bonchev–Trinajstić information content (AvgIpc) is 2.54. The molecule has 5 nitrogen and oxygen atoms in total. The van der Waals surface area contributed by atoms with Crippen molar-refractivity contribution in [3.8, 4) is 0 Å². The largest absolute Gasteiger partial charge is 0.394 e. The van der Waals surface area contributed by atoms with Gasteiger partial charge in [-0.3, -0.25) is 0 Å². The summed E-state index contributed by atoms with van der Waals surface area (Å²) in [7, 11) is 0. The van der Waals surface area contributed by atoms with Crippen LogP contribution in [0.4, 0.5) is 14.6 Å². The van der Waals surface area contributed by atoms with E-state index in [2.05, 4.69) is 15.3 Å². The second kappa shape index (κ2) is 8.02. The first-order valence-electron chi connectivity index (χ1n) is 6.51. The van der Waals surface area contributed by atoms with Crippen molar-refractivity contribution in [1.82, 2.24) is 9.97 Å². The van der Waals surface area contributed by atoms with Gasteiger partial charge >= 0.3 is 0 Å². The number of aromatic nitrogens is 2. The van der Waals surface area contributed by atoms with Gasteiger partial charge < -0.3 is 15.5 Å². The van der Waals surface area contributed by atoms with Crippen LogP contribution in [-0.4, -0.2) is 39.4 Å². The number of aliphatic hydroxyl groups excluding tert-OH is 2. The van der Waals surface area contributed by atoms with E-state index in [1.807, 2.05) is 0 Å². The number of hydrogen-bond acceptors (Lipinski definition) is 6. The number of nitrogens with zero attached hydrogens (tertiary/aromatic N) is 2. The van der Waals surface area contributed by atoms with Crippen LogP contribution in [0, 0.1) is 11.6 Å². The van der Waals surface area contributed by atoms with E-state index in [1.54, 1.807) is 6.07 Å². The average molecular weight is 327 g/mol. The molecule has 0 spiro atoms. The third kappa shape index (κ3) is 4.62. The minimum atomic E-state index is -0.882. The Morgan fingerprint density at radius 3 is 2.86 bits per heavy atom. The molecule has 3 N–H and O–H groups in total. The summed E-state index contributed by atoms with van der Waals surface area (Å²) < 4.78 is 26.6. The van der Waals surface area contributed by atoms with E-state index in [1.165, 1.54) is 30.1 Å². The van der Waals surface area contributed by atoms with Gasteiger partial charge in [0.15, 0.2) is 16.8 Å². The van der Waals surface area contributed by atoms with Gasteiger partial charge in [0.05, 0.1) is 12.7 Å². The van der Waals surface area contributed by atoms with Crippen molar-refractivity contribution in [2.24, 2.45) is 0 Å². The van der Waals surface area contributed by atoms with E-state index in [-0.39, 0.29) is 24.5 Å². The van der Waals surface area contributed by atoms with Crippen LogP contribution < -0.4 is 5.32 Å². The monoisotopic (exact) mass is 327 g/mol. The van der Waals surface area contributed by atoms with E-state index in [4.69, 9.17) is 5.11 Å². The highest BCUT2D eigenvalue weighted by Crippen LogP contribution is 2.22. The quantitative estimate of drug-likeness (QED) is 0.532. The van der Waals surface area contributed by atoms with E-state index >= 15 is 0 Å². The maximum absolute atomic E-state index is 13.5. The zero-order valence-corrected chi connectivity index (χ0v) is 12.4. The number of halogens is 2. The molecule has 0 saturated heterocycles. The molecule has 1 unspecified atom stereocenters. The van der Waals surface area contributed by atoms with E-state index in [9.17, 15) is 13.9 Å². The number of nitrogens with one attached hydrogen (secondary N) is 1. The van der Waals surface area contributed by atoms with Gasteiger partial charge in [0.2, 0.25) is 0 Å². The third-order valence-corrected chi connectivity index (χ3v) is 3.66. The molecule has 1 atom stereocenters. The second-order valence-corrected chi connectivity index (χ2v) is 5.39. The lowest BCUT2D eigenvalue weighted by molar-refractivity contribution is 0.105. The molecule has 2 rings (SSSR count). The van der Waals surface area contributed by atoms with Gasteiger partial charge in [-0.1, -0.05) is 23.9 Å². The van der Waals surface area contributed by atoms with Gasteiger partial charge in [0.1, 0.15) is 5.82 Å². The van der Waals surface area contributed by atoms with Crippen LogP contribution in [0.3, 0.4) is 0 Å². The number of thioether (sulfide) groups is 1. The molecule has 0 aliphatic rings. The first-order chi connectivity index (χ1) is 10.6. The molecule has 1 heterocycles. The first kappa shape index (κ1) is 16.6. The molecule has 8 heteroatoms. The van der Waals surface area contributed by atoms with Crippen molar-refractivity contribution in [1.29, 1.82) is 0 Å². The minimum absolute atomic E-state index is 0.149. The van der Waals surface area contributed by atoms with Crippen LogP contribution in [-0.2, 0) is 5.75 Å². The van der Waals surface area contributed by atoms with Crippen LogP contribution in [0.5, 0.6) is 0 Å². The summed E-state index contributed by atoms with van der Waals surface area (Å²) in [5.74, 6) is -1.07. The number of rotatable bonds is 7. The van der Waals surface area contributed by atoms with Gasteiger partial charge in [0.25, 0.3) is 0 Å². The number of aliphatic hydroxyl groups is 2. The molecule has 118 valence electrons. The maximum atomic E-state index is 13.5. The Labute approximate surface area is 130 Å². The smallest absolute Gasteiger partial charge is 0.189 e. The summed E-state index contributed by atoms with van der Waals surface area (Å²) in [5.41, 5.74) is 0.239. The molecule has 22 heavy (non-hydrogen) atoms. The Kier molecular flexibility index (Phi) is 6.05. The highest BCUT2D eigenvalue weighted by Gasteiger charge is 2.09. The standard InChI is InChI=1S/C14H15F2N3O2S/c15-11-3-1-2-9(13(11)16)8-22-14-17-5-4-12(19-14)18-6-10(21)7-20/h1-5,10,20-21H,6-8H2,(H,17,18,19). The lowest BCUT2D eigenvalue weighted by Gasteiger charge is -2.10. The molecule has 0 amide bonds. The maximum Gasteiger partial charge on any atom is 0.189 e. The van der Waals surface area contributed by atoms with Crippen molar-refractivity contribution < 1.29 is 19.0 Å². The SMILES string of the molecule is OCC(O)CNc1ccnc(SCc2cccc(F)c2F)n1. The Balaban J connectivity index is 1.97. The van der Waals surface area contributed by atoms with Gasteiger partial charge in [-0.25, -0.2) is 18.7 Å². The van der Waals surface area contributed by atoms with Crippen molar-refractivity contribution >= 4 is 17.6 Å². The number of benzene rings is 1. The van der Waals surface area contributed by atoms with Crippen LogP contribution in [0.1, 0.15) is 5.56 Å². The predicted molar refractivity (Wildman–Crippen MR) is 79.5 cm³/mol. The molecular formula is C14H15F2N3O2S. The molecule has 1 aromatic carbocycles. The lowest BCUT2D eigenvalue weighted by Crippen LogP contribution is -2.23. The van der Waals surface area contributed by atoms with E-state index in [0.717, 1.165) is 6.07 Å². The van der Waals surface area contributed by atoms with Crippen LogP contribution >= 0.6 is 11.8 Å². The molecular weight excluding hydrogens is 312 g/mol. The van der Waals surface area contributed by atoms with Crippen LogP contribution in [0.2, 0.25) is 0 Å². The summed E-state index contributed by atoms with van der Waals surface area (Å²) in [4.78, 5) is 8.22. The predicted octanol–water partition coefficient (Wildman–Crippen LogP) is 1.81. The Bertz CT molecular complexity index is 631. The molecule has 0 radical (unpaired) electrons. The number of hydrogen-bond donors (Lipinski definition) is 3. The molecule has 2 aromatic rings. The van der Waals surface area contributed by atoms with Crippen molar-refractivity contribution in [3.05, 3.63) is 47.7 Å². The molecule has 0 saturated carbocycles. The topological polar surface area (TPSA) is 78.3 Å². The van der Waals surface area contributed by atoms with E-state index in [0.29, 0.717) is 11.0 Å². The molecule has 0 bridgehead atoms. The lowest BCUT2D eigenvalue weighted by atomic mass is 10.2. The van der Waals surface area contributed by atoms with Crippen LogP contribution in [0.25, 0.3) is 0 Å². The van der Waals surface area contributed by atoms with Crippen molar-refractivity contribution in [2.45, 2.75) is 17.0 Å². The van der Waals surface area contributed by atoms with Crippen molar-refractivity contribution in [3.63, 3.8) is 0 Å². The van der Waals surface area contributed by atoms with Gasteiger partial charge in [0, 0.05) is 24.1 Å². The minimum Gasteiger partial charge on any atom is -0.394 e. The summed E-state index contributed by atoms with van der Waals surface area (Å²) in [6, 6.07) is 5.63. The number of anilines is 1. The Morgan fingerprint density at radius 1 is 1.27 bits per heavy atom. The zero-order valence-electron chi connectivity index (χ0n) is 11.5. The fraction of sp³-hybridized carbons (Fsp3) is 0.286. The summed E-state index contributed by atoms with van der Waals surface area (Å²) in [6.07, 6.45) is 0.637. The fourth-order valence-corrected chi connectivity index (χ4v) is 2.40. The highest BCUT2D eigenvalue weighted by molar-refractivity contribution is 7.98. The first-order valence-corrected chi connectivity index (χ1v) is 7.50. The molecule has 1 aromatic heterocycles. The third-order valence-electron chi connectivity index (χ3n) is 2.75. The molecule has 0 aliphatic carbocycles. The normalized spacial score (nSPS) is 12.2. The second-order valence-electron chi connectivity index (χ2n) is 4.44. The van der Waals surface area contributed by atoms with Gasteiger partial charge in [-0.2, -0.15) is 0 Å². The fourth-order valence-electron chi connectivity index (χ4n) is 1.60. The Hall–Kier alpha value is -1.77. The summed E-state index contributed by atoms with van der Waals surface area (Å²) in [6.45, 7) is -0.200. The zero-order chi connectivity index (χ0) is 15.9. The summed E-state index contributed by atoms with van der Waals surface area (Å²) >= 11 is 1.17. The van der Waals surface area contributed by atoms with Crippen molar-refractivity contribution in [2.75, 3.05) is 18.5 Å². The van der Waals surface area contributed by atoms with E-state index < -0.39 is 17.7 Å². The molecule has 0 aliphatic heterocycles. The Morgan fingerprint density at radius 2 is 2.09 bits per heavy atom. The molecule has 0 fully saturated rings.